The highest BCUT2D eigenvalue weighted by atomic mass is 79.9. The van der Waals surface area contributed by atoms with E-state index in [0.717, 1.165) is 23.0 Å². The topological polar surface area (TPSA) is 41.1 Å². The van der Waals surface area contributed by atoms with Gasteiger partial charge in [0.2, 0.25) is 5.91 Å². The van der Waals surface area contributed by atoms with Crippen molar-refractivity contribution in [3.8, 4) is 0 Å². The van der Waals surface area contributed by atoms with Crippen LogP contribution in [0.2, 0.25) is 5.02 Å². The van der Waals surface area contributed by atoms with Gasteiger partial charge in [-0.2, -0.15) is 0 Å². The van der Waals surface area contributed by atoms with Crippen LogP contribution < -0.4 is 10.6 Å². The molecule has 3 rings (SSSR count). The maximum absolute atomic E-state index is 12.5. The summed E-state index contributed by atoms with van der Waals surface area (Å²) in [4.78, 5) is 12.5. The quantitative estimate of drug-likeness (QED) is 0.846. The lowest BCUT2D eigenvalue weighted by Gasteiger charge is -2.26. The lowest BCUT2D eigenvalue weighted by molar-refractivity contribution is -0.118. The largest absolute Gasteiger partial charge is 0.323 e. The Kier molecular flexibility index (Phi) is 4.29. The van der Waals surface area contributed by atoms with Crippen molar-refractivity contribution in [3.05, 3.63) is 63.1 Å². The molecule has 1 aliphatic rings. The summed E-state index contributed by atoms with van der Waals surface area (Å²) in [6.45, 7) is 0.795. The van der Waals surface area contributed by atoms with E-state index in [1.165, 1.54) is 5.56 Å². The second-order valence-corrected chi connectivity index (χ2v) is 6.27. The second-order valence-electron chi connectivity index (χ2n) is 4.95. The molecule has 0 spiro atoms. The third kappa shape index (κ3) is 3.12. The fourth-order valence-electron chi connectivity index (χ4n) is 2.53. The van der Waals surface area contributed by atoms with Crippen molar-refractivity contribution in [1.29, 1.82) is 0 Å². The molecule has 0 bridgehead atoms. The van der Waals surface area contributed by atoms with E-state index < -0.39 is 0 Å². The molecule has 2 aromatic carbocycles. The summed E-state index contributed by atoms with van der Waals surface area (Å²) in [5.41, 5.74) is 2.88. The summed E-state index contributed by atoms with van der Waals surface area (Å²) in [6.07, 6.45) is 0.943. The first-order valence-electron chi connectivity index (χ1n) is 6.72. The highest BCUT2D eigenvalue weighted by Gasteiger charge is 2.26. The van der Waals surface area contributed by atoms with Crippen LogP contribution in [0.1, 0.15) is 17.2 Å². The van der Waals surface area contributed by atoms with Crippen LogP contribution in [0.4, 0.5) is 5.69 Å². The van der Waals surface area contributed by atoms with E-state index in [9.17, 15) is 4.79 Å². The number of fused-ring (bicyclic) bond motifs is 1. The second kappa shape index (κ2) is 6.18. The minimum Gasteiger partial charge on any atom is -0.323 e. The number of carbonyl (C=O) groups is 1. The fraction of sp³-hybridized carbons (Fsp3) is 0.188. The molecule has 0 saturated carbocycles. The monoisotopic (exact) mass is 364 g/mol. The Morgan fingerprint density at radius 2 is 2.10 bits per heavy atom. The molecule has 0 radical (unpaired) electrons. The first kappa shape index (κ1) is 14.6. The molecule has 1 aliphatic heterocycles. The van der Waals surface area contributed by atoms with Gasteiger partial charge in [0.1, 0.15) is 6.04 Å². The zero-order valence-corrected chi connectivity index (χ0v) is 13.5. The molecule has 2 aromatic rings. The Morgan fingerprint density at radius 3 is 2.90 bits per heavy atom. The molecule has 21 heavy (non-hydrogen) atoms. The van der Waals surface area contributed by atoms with Crippen molar-refractivity contribution < 1.29 is 4.79 Å². The van der Waals surface area contributed by atoms with Crippen molar-refractivity contribution in [3.63, 3.8) is 0 Å². The SMILES string of the molecule is O=C(Nc1ccc(Br)cc1Cl)C1NCCc2ccccc21. The van der Waals surface area contributed by atoms with E-state index in [1.54, 1.807) is 12.1 Å². The molecule has 0 aromatic heterocycles. The van der Waals surface area contributed by atoms with Crippen molar-refractivity contribution in [2.24, 2.45) is 0 Å². The van der Waals surface area contributed by atoms with Crippen molar-refractivity contribution in [1.82, 2.24) is 5.32 Å². The van der Waals surface area contributed by atoms with E-state index in [4.69, 9.17) is 11.6 Å². The number of hydrogen-bond acceptors (Lipinski definition) is 2. The number of amides is 1. The van der Waals surface area contributed by atoms with E-state index in [2.05, 4.69) is 32.6 Å². The number of carbonyl (C=O) groups excluding carboxylic acids is 1. The van der Waals surface area contributed by atoms with E-state index in [-0.39, 0.29) is 11.9 Å². The van der Waals surface area contributed by atoms with Gasteiger partial charge >= 0.3 is 0 Å². The standard InChI is InChI=1S/C16H14BrClN2O/c17-11-5-6-14(13(18)9-11)20-16(21)15-12-4-2-1-3-10(12)7-8-19-15/h1-6,9,15,19H,7-8H2,(H,20,21). The van der Waals surface area contributed by atoms with Gasteiger partial charge in [-0.05, 0) is 35.7 Å². The van der Waals surface area contributed by atoms with Crippen molar-refractivity contribution in [2.75, 3.05) is 11.9 Å². The van der Waals surface area contributed by atoms with E-state index in [0.29, 0.717) is 10.7 Å². The van der Waals surface area contributed by atoms with Gasteiger partial charge in [0, 0.05) is 11.0 Å². The van der Waals surface area contributed by atoms with Gasteiger partial charge in [0.25, 0.3) is 0 Å². The Balaban J connectivity index is 1.83. The van der Waals surface area contributed by atoms with Crippen LogP contribution >= 0.6 is 27.5 Å². The molecule has 1 heterocycles. The summed E-state index contributed by atoms with van der Waals surface area (Å²) in [7, 11) is 0. The number of anilines is 1. The first-order valence-corrected chi connectivity index (χ1v) is 7.89. The number of halogens is 2. The van der Waals surface area contributed by atoms with Crippen LogP contribution in [0.5, 0.6) is 0 Å². The molecule has 0 fully saturated rings. The average molecular weight is 366 g/mol. The molecule has 1 unspecified atom stereocenters. The van der Waals surface area contributed by atoms with Crippen LogP contribution in [0.25, 0.3) is 0 Å². The van der Waals surface area contributed by atoms with Gasteiger partial charge in [-0.15, -0.1) is 0 Å². The Labute approximate surface area is 136 Å². The Morgan fingerprint density at radius 1 is 1.29 bits per heavy atom. The van der Waals surface area contributed by atoms with Crippen LogP contribution in [0.15, 0.2) is 46.9 Å². The molecule has 2 N–H and O–H groups in total. The van der Waals surface area contributed by atoms with Crippen LogP contribution in [0, 0.1) is 0 Å². The van der Waals surface area contributed by atoms with Gasteiger partial charge in [-0.25, -0.2) is 0 Å². The zero-order chi connectivity index (χ0) is 14.8. The predicted octanol–water partition coefficient (Wildman–Crippen LogP) is 3.93. The Hall–Kier alpha value is -1.36. The summed E-state index contributed by atoms with van der Waals surface area (Å²) >= 11 is 9.50. The lowest BCUT2D eigenvalue weighted by atomic mass is 9.94. The molecule has 5 heteroatoms. The minimum absolute atomic E-state index is 0.0913. The van der Waals surface area contributed by atoms with Gasteiger partial charge in [-0.1, -0.05) is 51.8 Å². The normalized spacial score (nSPS) is 17.1. The summed E-state index contributed by atoms with van der Waals surface area (Å²) in [5.74, 6) is -0.0913. The molecule has 1 atom stereocenters. The number of benzene rings is 2. The average Bonchev–Trinajstić information content (AvgIpc) is 2.49. The molecular weight excluding hydrogens is 352 g/mol. The highest BCUT2D eigenvalue weighted by molar-refractivity contribution is 9.10. The van der Waals surface area contributed by atoms with Gasteiger partial charge < -0.3 is 10.6 Å². The third-order valence-electron chi connectivity index (χ3n) is 3.56. The fourth-order valence-corrected chi connectivity index (χ4v) is 3.25. The molecule has 108 valence electrons. The smallest absolute Gasteiger partial charge is 0.246 e. The maximum Gasteiger partial charge on any atom is 0.246 e. The summed E-state index contributed by atoms with van der Waals surface area (Å²) < 4.78 is 0.881. The lowest BCUT2D eigenvalue weighted by Crippen LogP contribution is -2.38. The van der Waals surface area contributed by atoms with E-state index >= 15 is 0 Å². The van der Waals surface area contributed by atoms with Crippen molar-refractivity contribution >= 4 is 39.1 Å². The summed E-state index contributed by atoms with van der Waals surface area (Å²) in [6, 6.07) is 13.1. The van der Waals surface area contributed by atoms with Crippen molar-refractivity contribution in [2.45, 2.75) is 12.5 Å². The van der Waals surface area contributed by atoms with E-state index in [1.807, 2.05) is 24.3 Å². The molecular formula is C16H14BrClN2O. The molecule has 3 nitrogen and oxygen atoms in total. The van der Waals surface area contributed by atoms with Gasteiger partial charge in [-0.3, -0.25) is 4.79 Å². The summed E-state index contributed by atoms with van der Waals surface area (Å²) in [5, 5.41) is 6.67. The third-order valence-corrected chi connectivity index (χ3v) is 4.37. The number of rotatable bonds is 2. The minimum atomic E-state index is -0.338. The Bertz CT molecular complexity index is 690. The first-order chi connectivity index (χ1) is 10.1. The van der Waals surface area contributed by atoms with Crippen LogP contribution in [-0.2, 0) is 11.2 Å². The van der Waals surface area contributed by atoms with Gasteiger partial charge in [0.05, 0.1) is 10.7 Å². The molecule has 0 saturated heterocycles. The van der Waals surface area contributed by atoms with Crippen LogP contribution in [0.3, 0.4) is 0 Å². The highest BCUT2D eigenvalue weighted by Crippen LogP contribution is 2.28. The maximum atomic E-state index is 12.5. The molecule has 0 aliphatic carbocycles. The number of hydrogen-bond donors (Lipinski definition) is 2. The molecule has 1 amide bonds. The predicted molar refractivity (Wildman–Crippen MR) is 88.7 cm³/mol. The van der Waals surface area contributed by atoms with Gasteiger partial charge in [0.15, 0.2) is 0 Å². The zero-order valence-electron chi connectivity index (χ0n) is 11.2. The van der Waals surface area contributed by atoms with Crippen LogP contribution in [-0.4, -0.2) is 12.5 Å². The number of nitrogens with one attached hydrogen (secondary N) is 2.